The van der Waals surface area contributed by atoms with Crippen molar-refractivity contribution < 1.29 is 28.0 Å². The maximum Gasteiger partial charge on any atom is 0.416 e. The number of benzene rings is 1. The van der Waals surface area contributed by atoms with E-state index in [1.54, 1.807) is 0 Å². The molecule has 0 bridgehead atoms. The first kappa shape index (κ1) is 14.7. The Bertz CT molecular complexity index is 564. The molecular weight excluding hydrogens is 267 g/mol. The van der Waals surface area contributed by atoms with Crippen molar-refractivity contribution in [2.24, 2.45) is 0 Å². The van der Waals surface area contributed by atoms with Crippen molar-refractivity contribution in [1.29, 1.82) is 0 Å². The number of nitrogens with zero attached hydrogens (tertiary/aromatic N) is 1. The second-order valence-electron chi connectivity index (χ2n) is 3.66. The molecule has 0 aliphatic rings. The van der Waals surface area contributed by atoms with Gasteiger partial charge in [0, 0.05) is 11.6 Å². The van der Waals surface area contributed by atoms with Crippen LogP contribution in [0.1, 0.15) is 18.1 Å². The molecule has 0 atom stereocenters. The quantitative estimate of drug-likeness (QED) is 0.522. The molecule has 0 aliphatic carbocycles. The SMILES string of the molecule is C/C(=C\c1ccc(C(F)(F)F)cc1[N+](=O)[O-])C(=O)O. The summed E-state index contributed by atoms with van der Waals surface area (Å²) >= 11 is 0. The molecule has 0 unspecified atom stereocenters. The minimum atomic E-state index is -4.70. The predicted molar refractivity (Wildman–Crippen MR) is 59.4 cm³/mol. The van der Waals surface area contributed by atoms with Gasteiger partial charge in [-0.3, -0.25) is 10.1 Å². The van der Waals surface area contributed by atoms with E-state index in [1.165, 1.54) is 6.92 Å². The van der Waals surface area contributed by atoms with Crippen LogP contribution in [-0.4, -0.2) is 16.0 Å². The van der Waals surface area contributed by atoms with Gasteiger partial charge >= 0.3 is 12.1 Å². The predicted octanol–water partition coefficient (Wildman–Crippen LogP) is 3.10. The zero-order valence-corrected chi connectivity index (χ0v) is 9.56. The monoisotopic (exact) mass is 275 g/mol. The van der Waals surface area contributed by atoms with Crippen LogP contribution >= 0.6 is 0 Å². The van der Waals surface area contributed by atoms with Crippen LogP contribution in [0.5, 0.6) is 0 Å². The molecule has 1 aromatic carbocycles. The summed E-state index contributed by atoms with van der Waals surface area (Å²) in [6.07, 6.45) is -3.75. The molecule has 0 amide bonds. The van der Waals surface area contributed by atoms with Crippen molar-refractivity contribution in [3.05, 3.63) is 45.0 Å². The Morgan fingerprint density at radius 3 is 2.42 bits per heavy atom. The number of alkyl halides is 3. The Hall–Kier alpha value is -2.38. The highest BCUT2D eigenvalue weighted by atomic mass is 19.4. The molecule has 0 saturated heterocycles. The molecule has 0 fully saturated rings. The van der Waals surface area contributed by atoms with Crippen molar-refractivity contribution in [1.82, 2.24) is 0 Å². The molecule has 1 N–H and O–H groups in total. The lowest BCUT2D eigenvalue weighted by Gasteiger charge is -2.07. The maximum atomic E-state index is 12.4. The van der Waals surface area contributed by atoms with E-state index in [1.807, 2.05) is 0 Å². The summed E-state index contributed by atoms with van der Waals surface area (Å²) in [6, 6.07) is 1.91. The second-order valence-corrected chi connectivity index (χ2v) is 3.66. The minimum Gasteiger partial charge on any atom is -0.478 e. The standard InChI is InChI=1S/C11H8F3NO4/c1-6(10(16)17)4-7-2-3-8(11(12,13)14)5-9(7)15(18)19/h2-5H,1H3,(H,16,17)/b6-4+. The van der Waals surface area contributed by atoms with E-state index in [0.717, 1.165) is 12.1 Å². The van der Waals surface area contributed by atoms with E-state index in [-0.39, 0.29) is 11.1 Å². The highest BCUT2D eigenvalue weighted by Gasteiger charge is 2.32. The van der Waals surface area contributed by atoms with Gasteiger partial charge in [0.2, 0.25) is 0 Å². The van der Waals surface area contributed by atoms with E-state index in [4.69, 9.17) is 5.11 Å². The number of nitro groups is 1. The molecule has 0 saturated carbocycles. The first-order valence-corrected chi connectivity index (χ1v) is 4.90. The Balaban J connectivity index is 3.39. The lowest BCUT2D eigenvalue weighted by atomic mass is 10.1. The zero-order valence-electron chi connectivity index (χ0n) is 9.56. The topological polar surface area (TPSA) is 80.4 Å². The van der Waals surface area contributed by atoms with Crippen molar-refractivity contribution in [2.45, 2.75) is 13.1 Å². The molecule has 0 spiro atoms. The fourth-order valence-corrected chi connectivity index (χ4v) is 1.30. The Labute approximate surface area is 105 Å². The zero-order chi connectivity index (χ0) is 14.8. The first-order valence-electron chi connectivity index (χ1n) is 4.90. The van der Waals surface area contributed by atoms with Crippen molar-refractivity contribution in [2.75, 3.05) is 0 Å². The third-order valence-electron chi connectivity index (χ3n) is 2.26. The van der Waals surface area contributed by atoms with Crippen LogP contribution in [0.3, 0.4) is 0 Å². The van der Waals surface area contributed by atoms with Crippen LogP contribution in [0.15, 0.2) is 23.8 Å². The van der Waals surface area contributed by atoms with Crippen LogP contribution in [0.2, 0.25) is 0 Å². The first-order chi connectivity index (χ1) is 8.62. The lowest BCUT2D eigenvalue weighted by molar-refractivity contribution is -0.385. The summed E-state index contributed by atoms with van der Waals surface area (Å²) in [5, 5.41) is 19.4. The molecule has 5 nitrogen and oxygen atoms in total. The van der Waals surface area contributed by atoms with Gasteiger partial charge in [0.25, 0.3) is 5.69 Å². The lowest BCUT2D eigenvalue weighted by Crippen LogP contribution is -2.06. The van der Waals surface area contributed by atoms with Gasteiger partial charge in [0.05, 0.1) is 16.1 Å². The second kappa shape index (κ2) is 5.09. The van der Waals surface area contributed by atoms with Gasteiger partial charge in [-0.2, -0.15) is 13.2 Å². The number of rotatable bonds is 3. The van der Waals surface area contributed by atoms with Gasteiger partial charge in [0.1, 0.15) is 0 Å². The molecule has 102 valence electrons. The van der Waals surface area contributed by atoms with Crippen LogP contribution in [0.25, 0.3) is 6.08 Å². The van der Waals surface area contributed by atoms with E-state index in [0.29, 0.717) is 12.1 Å². The summed E-state index contributed by atoms with van der Waals surface area (Å²) in [5.41, 5.74) is -2.37. The number of carboxylic acid groups (broad SMARTS) is 1. The third-order valence-corrected chi connectivity index (χ3v) is 2.26. The highest BCUT2D eigenvalue weighted by Crippen LogP contribution is 2.33. The number of nitro benzene ring substituents is 1. The van der Waals surface area contributed by atoms with Gasteiger partial charge in [-0.1, -0.05) is 0 Å². The molecule has 0 heterocycles. The third kappa shape index (κ3) is 3.54. The highest BCUT2D eigenvalue weighted by molar-refractivity contribution is 5.92. The van der Waals surface area contributed by atoms with Crippen LogP contribution < -0.4 is 0 Å². The normalized spacial score (nSPS) is 12.3. The van der Waals surface area contributed by atoms with Gasteiger partial charge in [-0.25, -0.2) is 4.79 Å². The number of carbonyl (C=O) groups is 1. The molecule has 0 aromatic heterocycles. The summed E-state index contributed by atoms with van der Waals surface area (Å²) in [6.45, 7) is 1.18. The van der Waals surface area contributed by atoms with Gasteiger partial charge in [-0.15, -0.1) is 0 Å². The Kier molecular flexibility index (Phi) is 3.93. The van der Waals surface area contributed by atoms with Gasteiger partial charge < -0.3 is 5.11 Å². The number of carboxylic acids is 1. The molecule has 8 heteroatoms. The van der Waals surface area contributed by atoms with Crippen LogP contribution in [-0.2, 0) is 11.0 Å². The average Bonchev–Trinajstić information content (AvgIpc) is 2.27. The average molecular weight is 275 g/mol. The molecule has 1 rings (SSSR count). The largest absolute Gasteiger partial charge is 0.478 e. The van der Waals surface area contributed by atoms with E-state index in [2.05, 4.69) is 0 Å². The minimum absolute atomic E-state index is 0.196. The van der Waals surface area contributed by atoms with Gasteiger partial charge in [-0.05, 0) is 25.1 Å². The van der Waals surface area contributed by atoms with E-state index in [9.17, 15) is 28.1 Å². The number of aliphatic carboxylic acids is 1. The summed E-state index contributed by atoms with van der Waals surface area (Å²) in [4.78, 5) is 20.3. The van der Waals surface area contributed by atoms with Gasteiger partial charge in [0.15, 0.2) is 0 Å². The fraction of sp³-hybridized carbons (Fsp3) is 0.182. The Morgan fingerprint density at radius 1 is 1.42 bits per heavy atom. The fourth-order valence-electron chi connectivity index (χ4n) is 1.30. The smallest absolute Gasteiger partial charge is 0.416 e. The summed E-state index contributed by atoms with van der Waals surface area (Å²) in [7, 11) is 0. The molecular formula is C11H8F3NO4. The molecule has 1 aromatic rings. The summed E-state index contributed by atoms with van der Waals surface area (Å²) in [5.74, 6) is -1.31. The molecule has 0 aliphatic heterocycles. The number of hydrogen-bond acceptors (Lipinski definition) is 3. The number of halogens is 3. The van der Waals surface area contributed by atoms with E-state index < -0.39 is 28.3 Å². The Morgan fingerprint density at radius 2 is 2.00 bits per heavy atom. The van der Waals surface area contributed by atoms with Crippen molar-refractivity contribution >= 4 is 17.7 Å². The van der Waals surface area contributed by atoms with Crippen LogP contribution in [0, 0.1) is 10.1 Å². The number of hydrogen-bond donors (Lipinski definition) is 1. The molecule has 19 heavy (non-hydrogen) atoms. The maximum absolute atomic E-state index is 12.4. The van der Waals surface area contributed by atoms with Crippen LogP contribution in [0.4, 0.5) is 18.9 Å². The van der Waals surface area contributed by atoms with Crippen molar-refractivity contribution in [3.63, 3.8) is 0 Å². The van der Waals surface area contributed by atoms with E-state index >= 15 is 0 Å². The van der Waals surface area contributed by atoms with Crippen molar-refractivity contribution in [3.8, 4) is 0 Å². The molecule has 0 radical (unpaired) electrons. The summed E-state index contributed by atoms with van der Waals surface area (Å²) < 4.78 is 37.3.